The summed E-state index contributed by atoms with van der Waals surface area (Å²) in [5.74, 6) is 0.0196. The maximum absolute atomic E-state index is 13.6. The van der Waals surface area contributed by atoms with Crippen molar-refractivity contribution >= 4 is 17.0 Å². The van der Waals surface area contributed by atoms with E-state index in [1.54, 1.807) is 53.1 Å². The minimum atomic E-state index is -4.69. The first-order chi connectivity index (χ1) is 17.7. The molecule has 9 heteroatoms. The van der Waals surface area contributed by atoms with Crippen molar-refractivity contribution in [3.63, 3.8) is 0 Å². The standard InChI is InChI=1S/C28H26F4N2O3/c1-4-33(5-2)27(35)37-25-13-12-24-22(26(25)18-7-10-21(36-3)11-8-18)14-15-34(24)17-19-6-9-20(29)16-23(19)28(30,31)32/h6-16H,4-5,17H2,1-3H3. The molecule has 0 fully saturated rings. The van der Waals surface area contributed by atoms with Crippen LogP contribution >= 0.6 is 0 Å². The fourth-order valence-corrected chi connectivity index (χ4v) is 4.31. The SMILES string of the molecule is CCN(CC)C(=O)Oc1ccc2c(ccn2Cc2ccc(F)cc2C(F)(F)F)c1-c1ccc(OC)cc1. The molecule has 0 saturated carbocycles. The summed E-state index contributed by atoms with van der Waals surface area (Å²) in [6, 6.07) is 15.0. The molecular formula is C28H26F4N2O3. The summed E-state index contributed by atoms with van der Waals surface area (Å²) >= 11 is 0. The molecule has 0 aliphatic carbocycles. The van der Waals surface area contributed by atoms with E-state index in [-0.39, 0.29) is 12.1 Å². The van der Waals surface area contributed by atoms with E-state index in [2.05, 4.69) is 0 Å². The molecule has 0 aliphatic rings. The number of benzene rings is 3. The predicted molar refractivity (Wildman–Crippen MR) is 133 cm³/mol. The van der Waals surface area contributed by atoms with Gasteiger partial charge in [0, 0.05) is 42.3 Å². The lowest BCUT2D eigenvalue weighted by atomic mass is 10.00. The van der Waals surface area contributed by atoms with Crippen LogP contribution in [0, 0.1) is 5.82 Å². The quantitative estimate of drug-likeness (QED) is 0.242. The monoisotopic (exact) mass is 514 g/mol. The van der Waals surface area contributed by atoms with E-state index >= 15 is 0 Å². The minimum Gasteiger partial charge on any atom is -0.497 e. The van der Waals surface area contributed by atoms with Crippen molar-refractivity contribution in [3.05, 3.63) is 83.8 Å². The van der Waals surface area contributed by atoms with E-state index < -0.39 is 23.7 Å². The zero-order valence-electron chi connectivity index (χ0n) is 20.6. The highest BCUT2D eigenvalue weighted by atomic mass is 19.4. The number of hydrogen-bond donors (Lipinski definition) is 0. The van der Waals surface area contributed by atoms with Crippen LogP contribution in [0.3, 0.4) is 0 Å². The van der Waals surface area contributed by atoms with E-state index in [0.29, 0.717) is 47.1 Å². The van der Waals surface area contributed by atoms with Gasteiger partial charge in [0.1, 0.15) is 17.3 Å². The molecule has 0 radical (unpaired) electrons. The fraction of sp³-hybridized carbons (Fsp3) is 0.250. The van der Waals surface area contributed by atoms with Gasteiger partial charge in [0.05, 0.1) is 12.7 Å². The number of alkyl halides is 3. The lowest BCUT2D eigenvalue weighted by molar-refractivity contribution is -0.138. The van der Waals surface area contributed by atoms with Crippen molar-refractivity contribution in [2.75, 3.05) is 20.2 Å². The molecule has 37 heavy (non-hydrogen) atoms. The third-order valence-corrected chi connectivity index (χ3v) is 6.23. The first kappa shape index (κ1) is 26.1. The van der Waals surface area contributed by atoms with Gasteiger partial charge >= 0.3 is 12.3 Å². The molecule has 5 nitrogen and oxygen atoms in total. The summed E-state index contributed by atoms with van der Waals surface area (Å²) < 4.78 is 67.0. The average molecular weight is 515 g/mol. The molecule has 3 aromatic carbocycles. The molecule has 0 unspecified atom stereocenters. The third-order valence-electron chi connectivity index (χ3n) is 6.23. The maximum Gasteiger partial charge on any atom is 0.416 e. The molecule has 0 saturated heterocycles. The predicted octanol–water partition coefficient (Wildman–Crippen LogP) is 7.36. The van der Waals surface area contributed by atoms with Crippen molar-refractivity contribution in [3.8, 4) is 22.6 Å². The molecule has 194 valence electrons. The van der Waals surface area contributed by atoms with Crippen LogP contribution < -0.4 is 9.47 Å². The molecule has 4 aromatic rings. The van der Waals surface area contributed by atoms with Crippen molar-refractivity contribution in [1.82, 2.24) is 9.47 Å². The number of halogens is 4. The summed E-state index contributed by atoms with van der Waals surface area (Å²) in [5.41, 5.74) is 0.911. The van der Waals surface area contributed by atoms with E-state index in [1.165, 1.54) is 0 Å². The largest absolute Gasteiger partial charge is 0.497 e. The number of ether oxygens (including phenoxy) is 2. The van der Waals surface area contributed by atoms with Gasteiger partial charge in [-0.2, -0.15) is 13.2 Å². The molecule has 0 bridgehead atoms. The number of carbonyl (C=O) groups excluding carboxylic acids is 1. The van der Waals surface area contributed by atoms with Gasteiger partial charge in [0.25, 0.3) is 0 Å². The Labute approximate surface area is 211 Å². The molecule has 0 aliphatic heterocycles. The third kappa shape index (κ3) is 5.40. The zero-order valence-corrected chi connectivity index (χ0v) is 20.6. The van der Waals surface area contributed by atoms with Crippen LogP contribution in [-0.2, 0) is 12.7 Å². The maximum atomic E-state index is 13.6. The zero-order chi connectivity index (χ0) is 26.7. The fourth-order valence-electron chi connectivity index (χ4n) is 4.31. The summed E-state index contributed by atoms with van der Waals surface area (Å²) in [5, 5.41) is 0.686. The van der Waals surface area contributed by atoms with Crippen LogP contribution in [0.15, 0.2) is 66.9 Å². The first-order valence-electron chi connectivity index (χ1n) is 11.7. The van der Waals surface area contributed by atoms with Crippen molar-refractivity contribution in [2.45, 2.75) is 26.6 Å². The van der Waals surface area contributed by atoms with Gasteiger partial charge < -0.3 is 18.9 Å². The van der Waals surface area contributed by atoms with Gasteiger partial charge in [-0.3, -0.25) is 0 Å². The van der Waals surface area contributed by atoms with Gasteiger partial charge in [0.2, 0.25) is 0 Å². The number of hydrogen-bond acceptors (Lipinski definition) is 3. The molecule has 1 amide bonds. The van der Waals surface area contributed by atoms with E-state index in [4.69, 9.17) is 9.47 Å². The number of carbonyl (C=O) groups is 1. The summed E-state index contributed by atoms with van der Waals surface area (Å²) in [4.78, 5) is 14.3. The summed E-state index contributed by atoms with van der Waals surface area (Å²) in [6.45, 7) is 4.53. The lowest BCUT2D eigenvalue weighted by Crippen LogP contribution is -2.33. The Bertz CT molecular complexity index is 1410. The molecule has 0 N–H and O–H groups in total. The molecule has 4 rings (SSSR count). The van der Waals surface area contributed by atoms with Gasteiger partial charge in [-0.25, -0.2) is 9.18 Å². The number of aromatic nitrogens is 1. The Morgan fingerprint density at radius 2 is 1.68 bits per heavy atom. The highest BCUT2D eigenvalue weighted by Crippen LogP contribution is 2.39. The summed E-state index contributed by atoms with van der Waals surface area (Å²) in [7, 11) is 1.55. The van der Waals surface area contributed by atoms with Crippen LogP contribution in [-0.4, -0.2) is 35.8 Å². The Kier molecular flexibility index (Phi) is 7.42. The highest BCUT2D eigenvalue weighted by Gasteiger charge is 2.34. The average Bonchev–Trinajstić information content (AvgIpc) is 3.27. The number of nitrogens with zero attached hydrogens (tertiary/aromatic N) is 2. The topological polar surface area (TPSA) is 43.7 Å². The van der Waals surface area contributed by atoms with Crippen LogP contribution in [0.2, 0.25) is 0 Å². The van der Waals surface area contributed by atoms with Gasteiger partial charge in [0.15, 0.2) is 0 Å². The van der Waals surface area contributed by atoms with Crippen LogP contribution in [0.1, 0.15) is 25.0 Å². The smallest absolute Gasteiger partial charge is 0.416 e. The molecule has 0 atom stereocenters. The minimum absolute atomic E-state index is 0.0607. The normalized spacial score (nSPS) is 11.5. The van der Waals surface area contributed by atoms with Crippen molar-refractivity contribution in [1.29, 1.82) is 0 Å². The second-order valence-electron chi connectivity index (χ2n) is 8.38. The van der Waals surface area contributed by atoms with Crippen molar-refractivity contribution in [2.24, 2.45) is 0 Å². The number of methoxy groups -OCH3 is 1. The highest BCUT2D eigenvalue weighted by molar-refractivity contribution is 5.99. The number of rotatable bonds is 7. The van der Waals surface area contributed by atoms with E-state index in [9.17, 15) is 22.4 Å². The number of amides is 1. The van der Waals surface area contributed by atoms with Crippen LogP contribution in [0.25, 0.3) is 22.0 Å². The molecule has 0 spiro atoms. The van der Waals surface area contributed by atoms with Crippen molar-refractivity contribution < 1.29 is 31.8 Å². The van der Waals surface area contributed by atoms with E-state index in [0.717, 1.165) is 17.7 Å². The van der Waals surface area contributed by atoms with Gasteiger partial charge in [-0.05, 0) is 67.4 Å². The molecule has 1 heterocycles. The van der Waals surface area contributed by atoms with Crippen LogP contribution in [0.5, 0.6) is 11.5 Å². The molecule has 1 aromatic heterocycles. The Hall–Kier alpha value is -4.01. The van der Waals surface area contributed by atoms with Crippen LogP contribution in [0.4, 0.5) is 22.4 Å². The second kappa shape index (κ2) is 10.5. The lowest BCUT2D eigenvalue weighted by Gasteiger charge is -2.20. The Balaban J connectivity index is 1.83. The van der Waals surface area contributed by atoms with Gasteiger partial charge in [-0.1, -0.05) is 18.2 Å². The Morgan fingerprint density at radius 1 is 0.973 bits per heavy atom. The Morgan fingerprint density at radius 3 is 2.30 bits per heavy atom. The van der Waals surface area contributed by atoms with Gasteiger partial charge in [-0.15, -0.1) is 0 Å². The first-order valence-corrected chi connectivity index (χ1v) is 11.7. The molecular weight excluding hydrogens is 488 g/mol. The second-order valence-corrected chi connectivity index (χ2v) is 8.38. The summed E-state index contributed by atoms with van der Waals surface area (Å²) in [6.07, 6.45) is -3.53. The number of fused-ring (bicyclic) bond motifs is 1. The van der Waals surface area contributed by atoms with E-state index in [1.807, 2.05) is 26.0 Å².